The second kappa shape index (κ2) is 6.44. The molecule has 2 rings (SSSR count). The quantitative estimate of drug-likeness (QED) is 0.912. The van der Waals surface area contributed by atoms with Crippen LogP contribution in [0, 0.1) is 17.6 Å². The number of hydrogen-bond donors (Lipinski definition) is 1. The molecule has 2 atom stereocenters. The summed E-state index contributed by atoms with van der Waals surface area (Å²) in [4.78, 5) is 2.26. The Balaban J connectivity index is 2.39. The van der Waals surface area contributed by atoms with Crippen LogP contribution in [0.25, 0.3) is 0 Å². The monoisotopic (exact) mass is 268 g/mol. The Hall–Kier alpha value is -1.00. The van der Waals surface area contributed by atoms with Crippen molar-refractivity contribution in [2.45, 2.75) is 32.2 Å². The highest BCUT2D eigenvalue weighted by molar-refractivity contribution is 5.23. The van der Waals surface area contributed by atoms with Gasteiger partial charge in [-0.15, -0.1) is 0 Å². The molecule has 1 heterocycles. The molecule has 1 saturated heterocycles. The van der Waals surface area contributed by atoms with Crippen molar-refractivity contribution >= 4 is 0 Å². The predicted octanol–water partition coefficient (Wildman–Crippen LogP) is 3.09. The van der Waals surface area contributed by atoms with Crippen LogP contribution in [0.1, 0.15) is 37.8 Å². The first-order valence-electron chi connectivity index (χ1n) is 7.06. The molecule has 0 amide bonds. The molecule has 0 aliphatic carbocycles. The molecule has 0 radical (unpaired) electrons. The van der Waals surface area contributed by atoms with Crippen LogP contribution in [0.3, 0.4) is 0 Å². The van der Waals surface area contributed by atoms with Gasteiger partial charge in [-0.25, -0.2) is 8.78 Å². The highest BCUT2D eigenvalue weighted by atomic mass is 19.1. The SMILES string of the molecule is CCN1CCCCC(CN)C1c1ccc(F)cc1F. The van der Waals surface area contributed by atoms with Gasteiger partial charge in [0.15, 0.2) is 0 Å². The molecule has 1 aliphatic heterocycles. The van der Waals surface area contributed by atoms with E-state index in [-0.39, 0.29) is 12.0 Å². The maximum absolute atomic E-state index is 14.1. The number of likely N-dealkylation sites (tertiary alicyclic amines) is 1. The lowest BCUT2D eigenvalue weighted by Gasteiger charge is -2.34. The van der Waals surface area contributed by atoms with Crippen LogP contribution in [-0.4, -0.2) is 24.5 Å². The Morgan fingerprint density at radius 3 is 2.74 bits per heavy atom. The molecule has 106 valence electrons. The second-order valence-corrected chi connectivity index (χ2v) is 5.23. The van der Waals surface area contributed by atoms with Crippen molar-refractivity contribution in [2.75, 3.05) is 19.6 Å². The van der Waals surface area contributed by atoms with Crippen LogP contribution >= 0.6 is 0 Å². The minimum Gasteiger partial charge on any atom is -0.330 e. The van der Waals surface area contributed by atoms with Crippen molar-refractivity contribution in [1.29, 1.82) is 0 Å². The number of halogens is 2. The van der Waals surface area contributed by atoms with Gasteiger partial charge in [-0.3, -0.25) is 4.90 Å². The molecule has 2 nitrogen and oxygen atoms in total. The zero-order chi connectivity index (χ0) is 13.8. The molecule has 1 aromatic carbocycles. The largest absolute Gasteiger partial charge is 0.330 e. The maximum Gasteiger partial charge on any atom is 0.130 e. The van der Waals surface area contributed by atoms with Crippen molar-refractivity contribution < 1.29 is 8.78 Å². The van der Waals surface area contributed by atoms with Crippen LogP contribution in [0.5, 0.6) is 0 Å². The van der Waals surface area contributed by atoms with Crippen LogP contribution < -0.4 is 5.73 Å². The fourth-order valence-electron chi connectivity index (χ4n) is 3.11. The summed E-state index contributed by atoms with van der Waals surface area (Å²) >= 11 is 0. The third-order valence-corrected chi connectivity index (χ3v) is 4.10. The minimum absolute atomic E-state index is 0.0295. The average molecular weight is 268 g/mol. The summed E-state index contributed by atoms with van der Waals surface area (Å²) in [7, 11) is 0. The molecule has 0 spiro atoms. The maximum atomic E-state index is 14.1. The zero-order valence-electron chi connectivity index (χ0n) is 11.4. The summed E-state index contributed by atoms with van der Waals surface area (Å²) in [5.41, 5.74) is 6.46. The first-order valence-corrected chi connectivity index (χ1v) is 7.06. The van der Waals surface area contributed by atoms with Crippen molar-refractivity contribution in [2.24, 2.45) is 11.7 Å². The van der Waals surface area contributed by atoms with E-state index in [1.54, 1.807) is 6.07 Å². The van der Waals surface area contributed by atoms with Gasteiger partial charge in [0.05, 0.1) is 0 Å². The smallest absolute Gasteiger partial charge is 0.130 e. The number of benzene rings is 1. The summed E-state index contributed by atoms with van der Waals surface area (Å²) in [6.07, 6.45) is 3.25. The van der Waals surface area contributed by atoms with Crippen LogP contribution in [0.15, 0.2) is 18.2 Å². The van der Waals surface area contributed by atoms with E-state index >= 15 is 0 Å². The lowest BCUT2D eigenvalue weighted by molar-refractivity contribution is 0.162. The molecule has 2 N–H and O–H groups in total. The highest BCUT2D eigenvalue weighted by Crippen LogP contribution is 2.35. The zero-order valence-corrected chi connectivity index (χ0v) is 11.4. The molecular weight excluding hydrogens is 246 g/mol. The fraction of sp³-hybridized carbons (Fsp3) is 0.600. The molecule has 2 unspecified atom stereocenters. The van der Waals surface area contributed by atoms with E-state index in [4.69, 9.17) is 5.73 Å². The Kier molecular flexibility index (Phi) is 4.88. The summed E-state index contributed by atoms with van der Waals surface area (Å²) in [6, 6.07) is 3.86. The lowest BCUT2D eigenvalue weighted by atomic mass is 9.89. The summed E-state index contributed by atoms with van der Waals surface area (Å²) in [5.74, 6) is -0.742. The van der Waals surface area contributed by atoms with Gasteiger partial charge in [-0.05, 0) is 44.5 Å². The Labute approximate surface area is 113 Å². The predicted molar refractivity (Wildman–Crippen MR) is 72.7 cm³/mol. The minimum atomic E-state index is -0.526. The fourth-order valence-corrected chi connectivity index (χ4v) is 3.11. The third-order valence-electron chi connectivity index (χ3n) is 4.10. The van der Waals surface area contributed by atoms with Gasteiger partial charge in [0.2, 0.25) is 0 Å². The van der Waals surface area contributed by atoms with Gasteiger partial charge in [-0.2, -0.15) is 0 Å². The van der Waals surface area contributed by atoms with E-state index in [1.165, 1.54) is 6.07 Å². The van der Waals surface area contributed by atoms with E-state index in [0.717, 1.165) is 38.4 Å². The lowest BCUT2D eigenvalue weighted by Crippen LogP contribution is -2.36. The topological polar surface area (TPSA) is 29.3 Å². The van der Waals surface area contributed by atoms with E-state index in [2.05, 4.69) is 11.8 Å². The summed E-state index contributed by atoms with van der Waals surface area (Å²) in [6.45, 7) is 4.43. The van der Waals surface area contributed by atoms with Gasteiger partial charge < -0.3 is 5.73 Å². The van der Waals surface area contributed by atoms with Crippen molar-refractivity contribution in [3.63, 3.8) is 0 Å². The molecule has 19 heavy (non-hydrogen) atoms. The molecule has 1 aromatic rings. The molecule has 0 aromatic heterocycles. The summed E-state index contributed by atoms with van der Waals surface area (Å²) < 4.78 is 27.2. The molecule has 0 saturated carbocycles. The summed E-state index contributed by atoms with van der Waals surface area (Å²) in [5, 5.41) is 0. The molecule has 1 fully saturated rings. The van der Waals surface area contributed by atoms with Crippen molar-refractivity contribution in [1.82, 2.24) is 4.90 Å². The van der Waals surface area contributed by atoms with E-state index < -0.39 is 11.6 Å². The number of hydrogen-bond acceptors (Lipinski definition) is 2. The number of nitrogens with two attached hydrogens (primary N) is 1. The van der Waals surface area contributed by atoms with Crippen LogP contribution in [0.4, 0.5) is 8.78 Å². The first kappa shape index (κ1) is 14.4. The van der Waals surface area contributed by atoms with Gasteiger partial charge >= 0.3 is 0 Å². The van der Waals surface area contributed by atoms with Gasteiger partial charge in [0.25, 0.3) is 0 Å². The molecule has 4 heteroatoms. The van der Waals surface area contributed by atoms with E-state index in [0.29, 0.717) is 12.1 Å². The number of nitrogens with zero attached hydrogens (tertiary/aromatic N) is 1. The standard InChI is InChI=1S/C15H22F2N2/c1-2-19-8-4-3-5-11(10-18)15(19)13-7-6-12(16)9-14(13)17/h6-7,9,11,15H,2-5,8,10,18H2,1H3. The van der Waals surface area contributed by atoms with Crippen LogP contribution in [0.2, 0.25) is 0 Å². The Bertz CT molecular complexity index is 409. The van der Waals surface area contributed by atoms with Gasteiger partial charge in [-0.1, -0.05) is 19.4 Å². The molecule has 0 bridgehead atoms. The number of rotatable bonds is 3. The average Bonchev–Trinajstić information content (AvgIpc) is 2.60. The van der Waals surface area contributed by atoms with Crippen molar-refractivity contribution in [3.05, 3.63) is 35.4 Å². The van der Waals surface area contributed by atoms with Gasteiger partial charge in [0.1, 0.15) is 11.6 Å². The highest BCUT2D eigenvalue weighted by Gasteiger charge is 2.31. The van der Waals surface area contributed by atoms with Gasteiger partial charge in [0, 0.05) is 17.7 Å². The normalized spacial score (nSPS) is 25.3. The van der Waals surface area contributed by atoms with E-state index in [9.17, 15) is 8.78 Å². The third kappa shape index (κ3) is 3.12. The molecule has 1 aliphatic rings. The van der Waals surface area contributed by atoms with Crippen LogP contribution in [-0.2, 0) is 0 Å². The second-order valence-electron chi connectivity index (χ2n) is 5.23. The van der Waals surface area contributed by atoms with E-state index in [1.807, 2.05) is 0 Å². The Morgan fingerprint density at radius 2 is 2.11 bits per heavy atom. The van der Waals surface area contributed by atoms with Crippen molar-refractivity contribution in [3.8, 4) is 0 Å². The first-order chi connectivity index (χ1) is 9.17. The Morgan fingerprint density at radius 1 is 1.32 bits per heavy atom. The molecular formula is C15H22F2N2.